The van der Waals surface area contributed by atoms with Gasteiger partial charge < -0.3 is 15.4 Å². The number of anilines is 1. The first-order valence-electron chi connectivity index (χ1n) is 9.94. The molecule has 2 N–H and O–H groups in total. The van der Waals surface area contributed by atoms with Crippen LogP contribution >= 0.6 is 24.8 Å². The summed E-state index contributed by atoms with van der Waals surface area (Å²) < 4.78 is 5.36. The first-order chi connectivity index (χ1) is 12.6. The van der Waals surface area contributed by atoms with Crippen LogP contribution in [0.3, 0.4) is 0 Å². The molecule has 0 aliphatic carbocycles. The highest BCUT2D eigenvalue weighted by atomic mass is 35.5. The fraction of sp³-hybridized carbons (Fsp3) is 0.667. The number of nitrogens with one attached hydrogen (secondary N) is 2. The molecule has 7 heteroatoms. The number of rotatable bonds is 6. The Labute approximate surface area is 181 Å². The highest BCUT2D eigenvalue weighted by Crippen LogP contribution is 2.31. The van der Waals surface area contributed by atoms with Crippen molar-refractivity contribution in [2.24, 2.45) is 11.3 Å². The van der Waals surface area contributed by atoms with Gasteiger partial charge in [0, 0.05) is 25.9 Å². The Balaban J connectivity index is 0.00000196. The van der Waals surface area contributed by atoms with Gasteiger partial charge in [-0.2, -0.15) is 0 Å². The number of hydrogen-bond acceptors (Lipinski definition) is 4. The quantitative estimate of drug-likeness (QED) is 0.720. The number of carbonyl (C=O) groups is 1. The Bertz CT molecular complexity index is 586. The van der Waals surface area contributed by atoms with Crippen LogP contribution in [0, 0.1) is 11.3 Å². The number of likely N-dealkylation sites (tertiary alicyclic amines) is 1. The molecule has 2 aliphatic rings. The van der Waals surface area contributed by atoms with E-state index in [0.717, 1.165) is 44.1 Å². The molecule has 1 unspecified atom stereocenters. The van der Waals surface area contributed by atoms with Crippen LogP contribution in [0.2, 0.25) is 0 Å². The van der Waals surface area contributed by atoms with Gasteiger partial charge in [0.05, 0.1) is 12.0 Å². The molecule has 0 bridgehead atoms. The maximum atomic E-state index is 12.9. The minimum Gasteiger partial charge on any atom is -0.384 e. The van der Waals surface area contributed by atoms with Crippen LogP contribution in [0.15, 0.2) is 24.3 Å². The zero-order valence-electron chi connectivity index (χ0n) is 17.0. The van der Waals surface area contributed by atoms with E-state index in [0.29, 0.717) is 6.61 Å². The van der Waals surface area contributed by atoms with Crippen molar-refractivity contribution in [3.63, 3.8) is 0 Å². The Morgan fingerprint density at radius 1 is 1.25 bits per heavy atom. The molecule has 1 aromatic rings. The third kappa shape index (κ3) is 6.60. The minimum absolute atomic E-state index is 0. The predicted octanol–water partition coefficient (Wildman–Crippen LogP) is 3.72. The van der Waals surface area contributed by atoms with Gasteiger partial charge in [-0.3, -0.25) is 9.69 Å². The van der Waals surface area contributed by atoms with Crippen LogP contribution < -0.4 is 10.6 Å². The Kier molecular flexibility index (Phi) is 10.8. The highest BCUT2D eigenvalue weighted by molar-refractivity contribution is 5.95. The van der Waals surface area contributed by atoms with Crippen molar-refractivity contribution in [1.29, 1.82) is 0 Å². The zero-order chi connectivity index (χ0) is 18.4. The average molecular weight is 432 g/mol. The summed E-state index contributed by atoms with van der Waals surface area (Å²) in [6.45, 7) is 7.92. The van der Waals surface area contributed by atoms with E-state index in [-0.39, 0.29) is 30.7 Å². The maximum absolute atomic E-state index is 12.9. The molecule has 3 rings (SSSR count). The molecule has 0 aromatic heterocycles. The number of ether oxygens (including phenoxy) is 1. The predicted molar refractivity (Wildman–Crippen MR) is 120 cm³/mol. The highest BCUT2D eigenvalue weighted by Gasteiger charge is 2.39. The first-order valence-corrected chi connectivity index (χ1v) is 9.94. The van der Waals surface area contributed by atoms with E-state index in [2.05, 4.69) is 34.6 Å². The Morgan fingerprint density at radius 3 is 2.54 bits per heavy atom. The SMILES string of the molecule is COCC1(C(=O)Nc2ccc(CN3CCCC(C)C3)cc2)CCNCC1.Cl.Cl. The summed E-state index contributed by atoms with van der Waals surface area (Å²) in [4.78, 5) is 15.4. The van der Waals surface area contributed by atoms with E-state index < -0.39 is 5.41 Å². The van der Waals surface area contributed by atoms with Gasteiger partial charge in [-0.15, -0.1) is 24.8 Å². The van der Waals surface area contributed by atoms with Gasteiger partial charge in [0.1, 0.15) is 0 Å². The van der Waals surface area contributed by atoms with Crippen molar-refractivity contribution in [1.82, 2.24) is 10.2 Å². The lowest BCUT2D eigenvalue weighted by Crippen LogP contribution is -2.47. The van der Waals surface area contributed by atoms with Crippen molar-refractivity contribution in [3.8, 4) is 0 Å². The van der Waals surface area contributed by atoms with Crippen LogP contribution in [0.4, 0.5) is 5.69 Å². The molecule has 0 spiro atoms. The van der Waals surface area contributed by atoms with E-state index >= 15 is 0 Å². The van der Waals surface area contributed by atoms with Crippen LogP contribution in [-0.4, -0.2) is 50.7 Å². The second-order valence-corrected chi connectivity index (χ2v) is 8.10. The summed E-state index contributed by atoms with van der Waals surface area (Å²) in [5.41, 5.74) is 1.77. The second kappa shape index (κ2) is 12.0. The number of halogens is 2. The van der Waals surface area contributed by atoms with E-state index in [1.54, 1.807) is 7.11 Å². The second-order valence-electron chi connectivity index (χ2n) is 8.10. The molecule has 160 valence electrons. The summed E-state index contributed by atoms with van der Waals surface area (Å²) in [6, 6.07) is 8.34. The number of hydrogen-bond donors (Lipinski definition) is 2. The molecule has 28 heavy (non-hydrogen) atoms. The first kappa shape index (κ1) is 25.2. The summed E-state index contributed by atoms with van der Waals surface area (Å²) in [5, 5.41) is 6.44. The van der Waals surface area contributed by atoms with E-state index in [1.807, 2.05) is 12.1 Å². The van der Waals surface area contributed by atoms with Crippen LogP contribution in [0.25, 0.3) is 0 Å². The Hall–Kier alpha value is -0.850. The van der Waals surface area contributed by atoms with Crippen molar-refractivity contribution in [2.75, 3.05) is 45.2 Å². The summed E-state index contributed by atoms with van der Waals surface area (Å²) in [5.74, 6) is 0.878. The van der Waals surface area contributed by atoms with Crippen molar-refractivity contribution < 1.29 is 9.53 Å². The van der Waals surface area contributed by atoms with Crippen LogP contribution in [0.1, 0.15) is 38.2 Å². The van der Waals surface area contributed by atoms with Crippen LogP contribution in [0.5, 0.6) is 0 Å². The number of piperidine rings is 2. The molecular weight excluding hydrogens is 397 g/mol. The lowest BCUT2D eigenvalue weighted by molar-refractivity contribution is -0.130. The number of nitrogens with zero attached hydrogens (tertiary/aromatic N) is 1. The number of methoxy groups -OCH3 is 1. The van der Waals surface area contributed by atoms with Crippen molar-refractivity contribution in [3.05, 3.63) is 29.8 Å². The molecule has 2 fully saturated rings. The molecule has 1 aromatic carbocycles. The van der Waals surface area contributed by atoms with E-state index in [4.69, 9.17) is 4.74 Å². The molecule has 1 amide bonds. The molecule has 2 saturated heterocycles. The zero-order valence-corrected chi connectivity index (χ0v) is 18.7. The maximum Gasteiger partial charge on any atom is 0.233 e. The molecule has 5 nitrogen and oxygen atoms in total. The monoisotopic (exact) mass is 431 g/mol. The van der Waals surface area contributed by atoms with Gasteiger partial charge in [-0.05, 0) is 68.9 Å². The number of amides is 1. The lowest BCUT2D eigenvalue weighted by Gasteiger charge is -2.35. The van der Waals surface area contributed by atoms with E-state index in [9.17, 15) is 4.79 Å². The van der Waals surface area contributed by atoms with Gasteiger partial charge in [-0.25, -0.2) is 0 Å². The minimum atomic E-state index is -0.414. The molecule has 2 aliphatic heterocycles. The molecule has 1 atom stereocenters. The van der Waals surface area contributed by atoms with Gasteiger partial charge in [0.2, 0.25) is 5.91 Å². The third-order valence-corrected chi connectivity index (χ3v) is 5.82. The largest absolute Gasteiger partial charge is 0.384 e. The lowest BCUT2D eigenvalue weighted by atomic mass is 9.78. The summed E-state index contributed by atoms with van der Waals surface area (Å²) in [7, 11) is 1.67. The topological polar surface area (TPSA) is 53.6 Å². The Morgan fingerprint density at radius 2 is 1.93 bits per heavy atom. The fourth-order valence-electron chi connectivity index (χ4n) is 4.26. The summed E-state index contributed by atoms with van der Waals surface area (Å²) >= 11 is 0. The molecule has 0 radical (unpaired) electrons. The van der Waals surface area contributed by atoms with Crippen molar-refractivity contribution >= 4 is 36.4 Å². The van der Waals surface area contributed by atoms with Gasteiger partial charge in [-0.1, -0.05) is 19.1 Å². The number of benzene rings is 1. The average Bonchev–Trinajstić information content (AvgIpc) is 2.64. The third-order valence-electron chi connectivity index (χ3n) is 5.82. The van der Waals surface area contributed by atoms with E-state index in [1.165, 1.54) is 31.5 Å². The van der Waals surface area contributed by atoms with Gasteiger partial charge >= 0.3 is 0 Å². The van der Waals surface area contributed by atoms with Gasteiger partial charge in [0.15, 0.2) is 0 Å². The normalized spacial score (nSPS) is 21.9. The van der Waals surface area contributed by atoms with Crippen LogP contribution in [-0.2, 0) is 16.1 Å². The molecule has 0 saturated carbocycles. The summed E-state index contributed by atoms with van der Waals surface area (Å²) in [6.07, 6.45) is 4.28. The smallest absolute Gasteiger partial charge is 0.233 e. The molecular formula is C21H35Cl2N3O2. The number of carbonyl (C=O) groups excluding carboxylic acids is 1. The van der Waals surface area contributed by atoms with Gasteiger partial charge in [0.25, 0.3) is 0 Å². The fourth-order valence-corrected chi connectivity index (χ4v) is 4.26. The standard InChI is InChI=1S/C21H33N3O2.2ClH/c1-17-4-3-13-24(14-17)15-18-5-7-19(8-6-18)23-20(25)21(16-26-2)9-11-22-12-10-21;;/h5-8,17,22H,3-4,9-16H2,1-2H3,(H,23,25);2*1H. The van der Waals surface area contributed by atoms with Crippen molar-refractivity contribution in [2.45, 2.75) is 39.2 Å². The molecule has 2 heterocycles.